The van der Waals surface area contributed by atoms with Crippen molar-refractivity contribution in [1.82, 2.24) is 10.2 Å². The van der Waals surface area contributed by atoms with Crippen LogP contribution in [0.25, 0.3) is 0 Å². The third-order valence-corrected chi connectivity index (χ3v) is 2.86. The molecular formula is C8H14N2O2. The number of hydrogen-bond acceptors (Lipinski definition) is 2. The summed E-state index contributed by atoms with van der Waals surface area (Å²) in [7, 11) is 0. The van der Waals surface area contributed by atoms with Gasteiger partial charge in [-0.05, 0) is 25.3 Å². The fourth-order valence-corrected chi connectivity index (χ4v) is 2.17. The Bertz CT molecular complexity index is 191. The summed E-state index contributed by atoms with van der Waals surface area (Å²) in [6.45, 7) is 2.55. The lowest BCUT2D eigenvalue weighted by atomic mass is 9.95. The van der Waals surface area contributed by atoms with Crippen LogP contribution < -0.4 is 5.32 Å². The van der Waals surface area contributed by atoms with Crippen LogP contribution in [0, 0.1) is 5.92 Å². The maximum Gasteiger partial charge on any atom is 0.407 e. The molecule has 0 aliphatic carbocycles. The Hall–Kier alpha value is -0.770. The quantitative estimate of drug-likeness (QED) is 0.551. The van der Waals surface area contributed by atoms with Gasteiger partial charge in [0.2, 0.25) is 0 Å². The standard InChI is InChI=1S/C8H14N2O2/c11-8(12)10-5-6-1-2-7(10)4-9-3-6/h6-7,9H,1-5H2,(H,11,12)/t6-,7+/m0/s1. The zero-order valence-corrected chi connectivity index (χ0v) is 6.99. The van der Waals surface area contributed by atoms with Crippen molar-refractivity contribution in [2.24, 2.45) is 5.92 Å². The molecule has 68 valence electrons. The average molecular weight is 170 g/mol. The predicted molar refractivity (Wildman–Crippen MR) is 44.1 cm³/mol. The second kappa shape index (κ2) is 2.94. The van der Waals surface area contributed by atoms with Crippen molar-refractivity contribution in [3.05, 3.63) is 0 Å². The van der Waals surface area contributed by atoms with E-state index in [0.29, 0.717) is 5.92 Å². The van der Waals surface area contributed by atoms with Gasteiger partial charge in [-0.1, -0.05) is 0 Å². The number of nitrogens with one attached hydrogen (secondary N) is 1. The zero-order chi connectivity index (χ0) is 8.55. The van der Waals surface area contributed by atoms with Gasteiger partial charge < -0.3 is 15.3 Å². The van der Waals surface area contributed by atoms with Crippen LogP contribution in [-0.4, -0.2) is 41.8 Å². The van der Waals surface area contributed by atoms with Gasteiger partial charge in [0.15, 0.2) is 0 Å². The fourth-order valence-electron chi connectivity index (χ4n) is 2.17. The largest absolute Gasteiger partial charge is 0.465 e. The van der Waals surface area contributed by atoms with E-state index in [-0.39, 0.29) is 6.04 Å². The molecule has 3 rings (SSSR count). The minimum absolute atomic E-state index is 0.223. The predicted octanol–water partition coefficient (Wildman–Crippen LogP) is 0.348. The molecule has 0 unspecified atom stereocenters. The van der Waals surface area contributed by atoms with Crippen molar-refractivity contribution in [2.45, 2.75) is 18.9 Å². The molecule has 2 atom stereocenters. The lowest BCUT2D eigenvalue weighted by Gasteiger charge is -2.33. The number of carbonyl (C=O) groups is 1. The maximum absolute atomic E-state index is 10.8. The summed E-state index contributed by atoms with van der Waals surface area (Å²) in [4.78, 5) is 12.4. The summed E-state index contributed by atoms with van der Waals surface area (Å²) in [5, 5.41) is 12.2. The van der Waals surface area contributed by atoms with Crippen LogP contribution in [0.4, 0.5) is 4.79 Å². The molecule has 2 bridgehead atoms. The first-order chi connectivity index (χ1) is 5.77. The van der Waals surface area contributed by atoms with E-state index < -0.39 is 6.09 Å². The maximum atomic E-state index is 10.8. The average Bonchev–Trinajstić information content (AvgIpc) is 2.36. The van der Waals surface area contributed by atoms with Crippen molar-refractivity contribution in [3.8, 4) is 0 Å². The number of rotatable bonds is 0. The molecule has 3 heterocycles. The SMILES string of the molecule is O=C(O)N1C[C@H]2CC[C@@H]1CNC2. The number of piperidine rings is 1. The van der Waals surface area contributed by atoms with Crippen molar-refractivity contribution < 1.29 is 9.90 Å². The monoisotopic (exact) mass is 170 g/mol. The van der Waals surface area contributed by atoms with Gasteiger partial charge in [0.25, 0.3) is 0 Å². The second-order valence-corrected chi connectivity index (χ2v) is 3.69. The van der Waals surface area contributed by atoms with Gasteiger partial charge in [-0.25, -0.2) is 4.79 Å². The summed E-state index contributed by atoms with van der Waals surface area (Å²) in [6, 6.07) is 0.223. The van der Waals surface area contributed by atoms with Crippen molar-refractivity contribution in [3.63, 3.8) is 0 Å². The summed E-state index contributed by atoms with van der Waals surface area (Å²) in [5.41, 5.74) is 0. The van der Waals surface area contributed by atoms with E-state index in [1.165, 1.54) is 6.42 Å². The van der Waals surface area contributed by atoms with Crippen molar-refractivity contribution in [2.75, 3.05) is 19.6 Å². The molecule has 4 heteroatoms. The minimum Gasteiger partial charge on any atom is -0.465 e. The molecule has 1 amide bonds. The molecule has 3 aliphatic rings. The Morgan fingerprint density at radius 1 is 1.42 bits per heavy atom. The van der Waals surface area contributed by atoms with Crippen LogP contribution in [0.15, 0.2) is 0 Å². The number of nitrogens with zero attached hydrogens (tertiary/aromatic N) is 1. The first-order valence-electron chi connectivity index (χ1n) is 4.47. The summed E-state index contributed by atoms with van der Waals surface area (Å²) < 4.78 is 0. The van der Waals surface area contributed by atoms with Crippen molar-refractivity contribution in [1.29, 1.82) is 0 Å². The van der Waals surface area contributed by atoms with Gasteiger partial charge in [0.1, 0.15) is 0 Å². The van der Waals surface area contributed by atoms with Gasteiger partial charge >= 0.3 is 6.09 Å². The first kappa shape index (κ1) is 7.86. The van der Waals surface area contributed by atoms with Crippen LogP contribution in [0.3, 0.4) is 0 Å². The van der Waals surface area contributed by atoms with Crippen LogP contribution in [0.5, 0.6) is 0 Å². The molecule has 3 aliphatic heterocycles. The molecule has 0 aromatic carbocycles. The Kier molecular flexibility index (Phi) is 1.92. The van der Waals surface area contributed by atoms with Crippen LogP contribution in [-0.2, 0) is 0 Å². The van der Waals surface area contributed by atoms with E-state index in [9.17, 15) is 4.79 Å². The van der Waals surface area contributed by atoms with E-state index in [1.54, 1.807) is 4.90 Å². The normalized spacial score (nSPS) is 34.8. The van der Waals surface area contributed by atoms with Gasteiger partial charge in [-0.2, -0.15) is 0 Å². The molecule has 2 N–H and O–H groups in total. The summed E-state index contributed by atoms with van der Waals surface area (Å²) in [6.07, 6.45) is 1.46. The van der Waals surface area contributed by atoms with E-state index in [2.05, 4.69) is 5.32 Å². The second-order valence-electron chi connectivity index (χ2n) is 3.69. The molecular weight excluding hydrogens is 156 g/mol. The van der Waals surface area contributed by atoms with E-state index in [0.717, 1.165) is 26.1 Å². The lowest BCUT2D eigenvalue weighted by molar-refractivity contribution is 0.101. The Labute approximate surface area is 71.5 Å². The summed E-state index contributed by atoms with van der Waals surface area (Å²) in [5.74, 6) is 0.542. The molecule has 3 saturated heterocycles. The molecule has 0 spiro atoms. The Balaban J connectivity index is 2.11. The molecule has 0 aromatic heterocycles. The minimum atomic E-state index is -0.756. The van der Waals surface area contributed by atoms with E-state index in [4.69, 9.17) is 5.11 Å². The molecule has 0 radical (unpaired) electrons. The number of fused-ring (bicyclic) bond motifs is 4. The molecule has 0 aromatic rings. The molecule has 4 nitrogen and oxygen atoms in total. The van der Waals surface area contributed by atoms with Crippen LogP contribution in [0.1, 0.15) is 12.8 Å². The van der Waals surface area contributed by atoms with Gasteiger partial charge in [-0.3, -0.25) is 0 Å². The van der Waals surface area contributed by atoms with Crippen LogP contribution in [0.2, 0.25) is 0 Å². The zero-order valence-electron chi connectivity index (χ0n) is 6.99. The van der Waals surface area contributed by atoms with E-state index in [1.807, 2.05) is 0 Å². The molecule has 3 fully saturated rings. The van der Waals surface area contributed by atoms with Gasteiger partial charge in [0.05, 0.1) is 0 Å². The fraction of sp³-hybridized carbons (Fsp3) is 0.875. The van der Waals surface area contributed by atoms with Gasteiger partial charge in [-0.15, -0.1) is 0 Å². The Morgan fingerprint density at radius 3 is 3.00 bits per heavy atom. The first-order valence-corrected chi connectivity index (χ1v) is 4.47. The highest BCUT2D eigenvalue weighted by Crippen LogP contribution is 2.23. The highest BCUT2D eigenvalue weighted by Gasteiger charge is 2.33. The Morgan fingerprint density at radius 2 is 2.25 bits per heavy atom. The number of carboxylic acid groups (broad SMARTS) is 1. The van der Waals surface area contributed by atoms with E-state index >= 15 is 0 Å². The summed E-state index contributed by atoms with van der Waals surface area (Å²) >= 11 is 0. The number of amides is 1. The van der Waals surface area contributed by atoms with Crippen LogP contribution >= 0.6 is 0 Å². The highest BCUT2D eigenvalue weighted by molar-refractivity contribution is 5.65. The molecule has 0 saturated carbocycles. The third-order valence-electron chi connectivity index (χ3n) is 2.86. The smallest absolute Gasteiger partial charge is 0.407 e. The van der Waals surface area contributed by atoms with Crippen molar-refractivity contribution >= 4 is 6.09 Å². The topological polar surface area (TPSA) is 52.6 Å². The third kappa shape index (κ3) is 1.27. The molecule has 12 heavy (non-hydrogen) atoms. The highest BCUT2D eigenvalue weighted by atomic mass is 16.4. The number of hydrogen-bond donors (Lipinski definition) is 2. The lowest BCUT2D eigenvalue weighted by Crippen LogP contribution is -2.46. The van der Waals surface area contributed by atoms with Gasteiger partial charge in [0, 0.05) is 19.1 Å².